The molecule has 1 heterocycles. The molecule has 0 spiro atoms. The molecule has 2 nitrogen and oxygen atoms in total. The van der Waals surface area contributed by atoms with Gasteiger partial charge in [0.2, 0.25) is 0 Å². The van der Waals surface area contributed by atoms with E-state index in [0.717, 1.165) is 25.1 Å². The summed E-state index contributed by atoms with van der Waals surface area (Å²) in [7, 11) is 0. The lowest BCUT2D eigenvalue weighted by atomic mass is 9.97. The molecular weight excluding hydrogens is 265 g/mol. The highest BCUT2D eigenvalue weighted by molar-refractivity contribution is 5.31. The van der Waals surface area contributed by atoms with Gasteiger partial charge in [-0.25, -0.2) is 4.39 Å². The van der Waals surface area contributed by atoms with Gasteiger partial charge in [-0.05, 0) is 42.2 Å². The minimum atomic E-state index is -0.199. The molecule has 0 saturated heterocycles. The summed E-state index contributed by atoms with van der Waals surface area (Å²) in [6.07, 6.45) is 1.08. The van der Waals surface area contributed by atoms with Crippen LogP contribution in [0.2, 0.25) is 0 Å². The van der Waals surface area contributed by atoms with Gasteiger partial charge in [0, 0.05) is 12.6 Å². The molecule has 0 aromatic heterocycles. The van der Waals surface area contributed by atoms with E-state index >= 15 is 0 Å². The topological polar surface area (TPSA) is 21.3 Å². The standard InChI is InChI=1S/C18H20FNO/c1-13(14-6-8-16(19)9-7-14)20-12-18-17-5-3-2-4-15(17)10-11-21-18/h2-9,13,18,20H,10-12H2,1H3. The number of rotatable bonds is 4. The zero-order chi connectivity index (χ0) is 14.7. The summed E-state index contributed by atoms with van der Waals surface area (Å²) in [5.41, 5.74) is 3.74. The van der Waals surface area contributed by atoms with Crippen LogP contribution in [0.15, 0.2) is 48.5 Å². The number of hydrogen-bond acceptors (Lipinski definition) is 2. The zero-order valence-electron chi connectivity index (χ0n) is 12.2. The van der Waals surface area contributed by atoms with Crippen LogP contribution >= 0.6 is 0 Å². The second-order valence-electron chi connectivity index (χ2n) is 5.49. The average molecular weight is 285 g/mol. The molecule has 1 aliphatic rings. The molecule has 0 fully saturated rings. The fraction of sp³-hybridized carbons (Fsp3) is 0.333. The number of nitrogens with one attached hydrogen (secondary N) is 1. The van der Waals surface area contributed by atoms with Crippen molar-refractivity contribution in [2.75, 3.05) is 13.2 Å². The maximum Gasteiger partial charge on any atom is 0.123 e. The molecule has 2 aromatic carbocycles. The molecule has 1 aliphatic heterocycles. The van der Waals surface area contributed by atoms with E-state index < -0.39 is 0 Å². The van der Waals surface area contributed by atoms with Crippen molar-refractivity contribution in [3.8, 4) is 0 Å². The van der Waals surface area contributed by atoms with Crippen LogP contribution in [0.1, 0.15) is 35.8 Å². The maximum atomic E-state index is 13.0. The quantitative estimate of drug-likeness (QED) is 0.923. The molecule has 0 bridgehead atoms. The molecule has 0 radical (unpaired) electrons. The highest BCUT2D eigenvalue weighted by Gasteiger charge is 2.20. The van der Waals surface area contributed by atoms with Gasteiger partial charge in [-0.15, -0.1) is 0 Å². The lowest BCUT2D eigenvalue weighted by Crippen LogP contribution is -2.29. The molecule has 110 valence electrons. The third-order valence-electron chi connectivity index (χ3n) is 4.07. The summed E-state index contributed by atoms with van der Waals surface area (Å²) >= 11 is 0. The van der Waals surface area contributed by atoms with Crippen molar-refractivity contribution in [3.63, 3.8) is 0 Å². The molecule has 21 heavy (non-hydrogen) atoms. The molecule has 0 amide bonds. The molecule has 3 rings (SSSR count). The number of hydrogen-bond donors (Lipinski definition) is 1. The minimum absolute atomic E-state index is 0.0952. The highest BCUT2D eigenvalue weighted by Crippen LogP contribution is 2.27. The largest absolute Gasteiger partial charge is 0.372 e. The van der Waals surface area contributed by atoms with Gasteiger partial charge < -0.3 is 10.1 Å². The van der Waals surface area contributed by atoms with Gasteiger partial charge in [0.1, 0.15) is 5.82 Å². The van der Waals surface area contributed by atoms with Crippen LogP contribution in [-0.2, 0) is 11.2 Å². The van der Waals surface area contributed by atoms with Gasteiger partial charge in [0.15, 0.2) is 0 Å². The van der Waals surface area contributed by atoms with Crippen LogP contribution in [0.4, 0.5) is 4.39 Å². The highest BCUT2D eigenvalue weighted by atomic mass is 19.1. The Morgan fingerprint density at radius 1 is 1.19 bits per heavy atom. The summed E-state index contributed by atoms with van der Waals surface area (Å²) in [5.74, 6) is -0.199. The maximum absolute atomic E-state index is 13.0. The fourth-order valence-electron chi connectivity index (χ4n) is 2.80. The van der Waals surface area contributed by atoms with Crippen molar-refractivity contribution in [2.45, 2.75) is 25.5 Å². The molecule has 0 saturated carbocycles. The van der Waals surface area contributed by atoms with Crippen LogP contribution in [0.25, 0.3) is 0 Å². The predicted molar refractivity (Wildman–Crippen MR) is 81.7 cm³/mol. The van der Waals surface area contributed by atoms with Gasteiger partial charge in [-0.2, -0.15) is 0 Å². The van der Waals surface area contributed by atoms with E-state index in [1.54, 1.807) is 0 Å². The fourth-order valence-corrected chi connectivity index (χ4v) is 2.80. The van der Waals surface area contributed by atoms with Crippen molar-refractivity contribution >= 4 is 0 Å². The van der Waals surface area contributed by atoms with Gasteiger partial charge in [0.05, 0.1) is 12.7 Å². The third-order valence-corrected chi connectivity index (χ3v) is 4.07. The Hall–Kier alpha value is -1.71. The monoisotopic (exact) mass is 285 g/mol. The first-order chi connectivity index (χ1) is 10.2. The summed E-state index contributed by atoms with van der Waals surface area (Å²) in [5, 5.41) is 3.48. The van der Waals surface area contributed by atoms with Gasteiger partial charge in [-0.3, -0.25) is 0 Å². The van der Waals surface area contributed by atoms with Gasteiger partial charge in [-0.1, -0.05) is 36.4 Å². The summed E-state index contributed by atoms with van der Waals surface area (Å²) in [6.45, 7) is 3.62. The molecule has 1 N–H and O–H groups in total. The number of ether oxygens (including phenoxy) is 1. The Kier molecular flexibility index (Phi) is 4.32. The number of fused-ring (bicyclic) bond motifs is 1. The normalized spacial score (nSPS) is 19.0. The number of halogens is 1. The van der Waals surface area contributed by atoms with Crippen molar-refractivity contribution in [1.82, 2.24) is 5.32 Å². The lowest BCUT2D eigenvalue weighted by Gasteiger charge is -2.27. The van der Waals surface area contributed by atoms with Crippen molar-refractivity contribution in [2.24, 2.45) is 0 Å². The Bertz CT molecular complexity index is 596. The molecular formula is C18H20FNO. The summed E-state index contributed by atoms with van der Waals surface area (Å²) in [6, 6.07) is 15.3. The zero-order valence-corrected chi connectivity index (χ0v) is 12.2. The first kappa shape index (κ1) is 14.2. The van der Waals surface area contributed by atoms with Crippen LogP contribution in [-0.4, -0.2) is 13.2 Å². The minimum Gasteiger partial charge on any atom is -0.372 e. The Labute approximate surface area is 125 Å². The SMILES string of the molecule is CC(NCC1OCCc2ccccc21)c1ccc(F)cc1. The van der Waals surface area contributed by atoms with Crippen molar-refractivity contribution in [3.05, 3.63) is 71.0 Å². The van der Waals surface area contributed by atoms with Crippen LogP contribution in [0, 0.1) is 5.82 Å². The van der Waals surface area contributed by atoms with E-state index in [-0.39, 0.29) is 18.0 Å². The molecule has 2 atom stereocenters. The molecule has 3 heteroatoms. The van der Waals surface area contributed by atoms with E-state index in [9.17, 15) is 4.39 Å². The van der Waals surface area contributed by atoms with Crippen LogP contribution in [0.5, 0.6) is 0 Å². The molecule has 2 aromatic rings. The summed E-state index contributed by atoms with van der Waals surface area (Å²) in [4.78, 5) is 0. The van der Waals surface area contributed by atoms with Gasteiger partial charge in [0.25, 0.3) is 0 Å². The first-order valence-electron chi connectivity index (χ1n) is 7.42. The second kappa shape index (κ2) is 6.37. The number of benzene rings is 2. The van der Waals surface area contributed by atoms with Crippen LogP contribution < -0.4 is 5.32 Å². The molecule has 2 unspecified atom stereocenters. The third kappa shape index (κ3) is 3.31. The Morgan fingerprint density at radius 3 is 2.76 bits per heavy atom. The predicted octanol–water partition coefficient (Wildman–Crippen LogP) is 3.79. The average Bonchev–Trinajstić information content (AvgIpc) is 2.53. The van der Waals surface area contributed by atoms with Crippen LogP contribution in [0.3, 0.4) is 0 Å². The lowest BCUT2D eigenvalue weighted by molar-refractivity contribution is 0.0410. The Morgan fingerprint density at radius 2 is 1.95 bits per heavy atom. The van der Waals surface area contributed by atoms with E-state index in [1.165, 1.54) is 23.3 Å². The Balaban J connectivity index is 1.64. The van der Waals surface area contributed by atoms with E-state index in [2.05, 4.69) is 36.5 Å². The van der Waals surface area contributed by atoms with Gasteiger partial charge >= 0.3 is 0 Å². The smallest absolute Gasteiger partial charge is 0.123 e. The van der Waals surface area contributed by atoms with Crippen molar-refractivity contribution < 1.29 is 9.13 Å². The summed E-state index contributed by atoms with van der Waals surface area (Å²) < 4.78 is 18.8. The van der Waals surface area contributed by atoms with E-state index in [1.807, 2.05) is 12.1 Å². The first-order valence-corrected chi connectivity index (χ1v) is 7.42. The van der Waals surface area contributed by atoms with E-state index in [4.69, 9.17) is 4.74 Å². The van der Waals surface area contributed by atoms with Crippen molar-refractivity contribution in [1.29, 1.82) is 0 Å². The molecule has 0 aliphatic carbocycles. The van der Waals surface area contributed by atoms with E-state index in [0.29, 0.717) is 0 Å². The second-order valence-corrected chi connectivity index (χ2v) is 5.49.